The minimum atomic E-state index is 0.172. The molecular weight excluding hydrogens is 314 g/mol. The standard InChI is InChI=1S/C20H25N3O2/c1-22-12-15(11-21-22)9-14-7-8-23(13-14)20(24)19-10-18(19)16-3-5-17(25-2)6-4-16/h3-6,11-12,14,18-19H,7-10,13H2,1-2H3. The Labute approximate surface area is 148 Å². The molecule has 3 atom stereocenters. The minimum absolute atomic E-state index is 0.172. The lowest BCUT2D eigenvalue weighted by Crippen LogP contribution is -2.30. The number of benzene rings is 1. The molecule has 4 rings (SSSR count). The van der Waals surface area contributed by atoms with E-state index >= 15 is 0 Å². The SMILES string of the molecule is COc1ccc(C2CC2C(=O)N2CCC(Cc3cnn(C)c3)C2)cc1. The van der Waals surface area contributed by atoms with Gasteiger partial charge in [-0.1, -0.05) is 12.1 Å². The number of likely N-dealkylation sites (tertiary alicyclic amines) is 1. The van der Waals surface area contributed by atoms with E-state index in [2.05, 4.69) is 28.3 Å². The first-order valence-corrected chi connectivity index (χ1v) is 9.04. The lowest BCUT2D eigenvalue weighted by molar-refractivity contribution is -0.131. The number of ether oxygens (including phenoxy) is 1. The van der Waals surface area contributed by atoms with Gasteiger partial charge in [0.15, 0.2) is 0 Å². The Hall–Kier alpha value is -2.30. The van der Waals surface area contributed by atoms with Crippen LogP contribution >= 0.6 is 0 Å². The molecule has 0 bridgehead atoms. The highest BCUT2D eigenvalue weighted by Gasteiger charge is 2.46. The van der Waals surface area contributed by atoms with Gasteiger partial charge in [0.25, 0.3) is 0 Å². The Morgan fingerprint density at radius 2 is 2.12 bits per heavy atom. The van der Waals surface area contributed by atoms with E-state index in [1.54, 1.807) is 7.11 Å². The van der Waals surface area contributed by atoms with E-state index in [1.165, 1.54) is 11.1 Å². The van der Waals surface area contributed by atoms with Crippen molar-refractivity contribution < 1.29 is 9.53 Å². The molecule has 2 heterocycles. The van der Waals surface area contributed by atoms with Gasteiger partial charge in [0.1, 0.15) is 5.75 Å². The predicted molar refractivity (Wildman–Crippen MR) is 95.4 cm³/mol. The molecule has 0 N–H and O–H groups in total. The number of aromatic nitrogens is 2. The van der Waals surface area contributed by atoms with Crippen molar-refractivity contribution in [2.75, 3.05) is 20.2 Å². The third kappa shape index (κ3) is 3.41. The molecule has 5 nitrogen and oxygen atoms in total. The highest BCUT2D eigenvalue weighted by molar-refractivity contribution is 5.83. The molecule has 1 saturated heterocycles. The number of amides is 1. The molecule has 2 aromatic rings. The van der Waals surface area contributed by atoms with Gasteiger partial charge in [0, 0.05) is 32.3 Å². The van der Waals surface area contributed by atoms with Crippen LogP contribution in [0.2, 0.25) is 0 Å². The van der Waals surface area contributed by atoms with Crippen molar-refractivity contribution in [3.05, 3.63) is 47.8 Å². The average molecular weight is 339 g/mol. The van der Waals surface area contributed by atoms with Crippen LogP contribution in [0.3, 0.4) is 0 Å². The van der Waals surface area contributed by atoms with Crippen molar-refractivity contribution >= 4 is 5.91 Å². The number of methoxy groups -OCH3 is 1. The first-order valence-electron chi connectivity index (χ1n) is 9.04. The average Bonchev–Trinajstić information content (AvgIpc) is 3.12. The zero-order valence-corrected chi connectivity index (χ0v) is 14.9. The second-order valence-electron chi connectivity index (χ2n) is 7.39. The lowest BCUT2D eigenvalue weighted by Gasteiger charge is -2.16. The van der Waals surface area contributed by atoms with Crippen LogP contribution in [0.5, 0.6) is 5.75 Å². The van der Waals surface area contributed by atoms with Crippen LogP contribution in [0.4, 0.5) is 0 Å². The van der Waals surface area contributed by atoms with Crippen molar-refractivity contribution in [3.63, 3.8) is 0 Å². The van der Waals surface area contributed by atoms with Gasteiger partial charge >= 0.3 is 0 Å². The van der Waals surface area contributed by atoms with E-state index in [-0.39, 0.29) is 5.92 Å². The summed E-state index contributed by atoms with van der Waals surface area (Å²) < 4.78 is 7.05. The molecule has 5 heteroatoms. The molecule has 0 radical (unpaired) electrons. The van der Waals surface area contributed by atoms with Gasteiger partial charge in [-0.2, -0.15) is 5.10 Å². The summed E-state index contributed by atoms with van der Waals surface area (Å²) in [5.74, 6) is 2.33. The fourth-order valence-corrected chi connectivity index (χ4v) is 4.03. The fraction of sp³-hybridized carbons (Fsp3) is 0.500. The third-order valence-corrected chi connectivity index (χ3v) is 5.53. The van der Waals surface area contributed by atoms with Crippen molar-refractivity contribution in [2.45, 2.75) is 25.2 Å². The molecule has 1 aliphatic heterocycles. The molecule has 1 aromatic heterocycles. The third-order valence-electron chi connectivity index (χ3n) is 5.53. The number of hydrogen-bond donors (Lipinski definition) is 0. The van der Waals surface area contributed by atoms with E-state index in [9.17, 15) is 4.79 Å². The highest BCUT2D eigenvalue weighted by Crippen LogP contribution is 2.49. The van der Waals surface area contributed by atoms with E-state index < -0.39 is 0 Å². The summed E-state index contributed by atoms with van der Waals surface area (Å²) in [4.78, 5) is 14.9. The molecule has 1 aliphatic carbocycles. The maximum Gasteiger partial charge on any atom is 0.226 e. The van der Waals surface area contributed by atoms with Gasteiger partial charge in [0.05, 0.1) is 13.3 Å². The molecule has 25 heavy (non-hydrogen) atoms. The van der Waals surface area contributed by atoms with Crippen LogP contribution in [0.15, 0.2) is 36.7 Å². The largest absolute Gasteiger partial charge is 0.497 e. The number of rotatable bonds is 5. The Balaban J connectivity index is 1.31. The number of carbonyl (C=O) groups excluding carboxylic acids is 1. The summed E-state index contributed by atoms with van der Waals surface area (Å²) in [6, 6.07) is 8.14. The van der Waals surface area contributed by atoms with E-state index in [1.807, 2.05) is 30.1 Å². The number of aryl methyl sites for hydroxylation is 1. The van der Waals surface area contributed by atoms with Gasteiger partial charge in [0.2, 0.25) is 5.91 Å². The van der Waals surface area contributed by atoms with Crippen LogP contribution in [0.25, 0.3) is 0 Å². The minimum Gasteiger partial charge on any atom is -0.497 e. The van der Waals surface area contributed by atoms with Crippen LogP contribution in [-0.2, 0) is 18.3 Å². The second-order valence-corrected chi connectivity index (χ2v) is 7.39. The van der Waals surface area contributed by atoms with Crippen LogP contribution in [0, 0.1) is 11.8 Å². The maximum absolute atomic E-state index is 12.8. The molecule has 132 valence electrons. The Bertz CT molecular complexity index is 753. The highest BCUT2D eigenvalue weighted by atomic mass is 16.5. The quantitative estimate of drug-likeness (QED) is 0.841. The number of hydrogen-bond acceptors (Lipinski definition) is 3. The Morgan fingerprint density at radius 1 is 1.32 bits per heavy atom. The van der Waals surface area contributed by atoms with E-state index in [0.29, 0.717) is 17.7 Å². The van der Waals surface area contributed by atoms with Crippen molar-refractivity contribution in [2.24, 2.45) is 18.9 Å². The van der Waals surface area contributed by atoms with Crippen molar-refractivity contribution in [1.29, 1.82) is 0 Å². The zero-order chi connectivity index (χ0) is 17.4. The van der Waals surface area contributed by atoms with Gasteiger partial charge in [-0.3, -0.25) is 9.48 Å². The van der Waals surface area contributed by atoms with Gasteiger partial charge in [-0.05, 0) is 54.4 Å². The Morgan fingerprint density at radius 3 is 2.80 bits per heavy atom. The first-order chi connectivity index (χ1) is 12.1. The monoisotopic (exact) mass is 339 g/mol. The van der Waals surface area contributed by atoms with Gasteiger partial charge in [-0.25, -0.2) is 0 Å². The maximum atomic E-state index is 12.8. The summed E-state index contributed by atoms with van der Waals surface area (Å²) in [6.07, 6.45) is 7.11. The molecule has 3 unspecified atom stereocenters. The van der Waals surface area contributed by atoms with Gasteiger partial charge < -0.3 is 9.64 Å². The molecular formula is C20H25N3O2. The number of carbonyl (C=O) groups is 1. The van der Waals surface area contributed by atoms with E-state index in [4.69, 9.17) is 4.74 Å². The normalized spacial score (nSPS) is 25.2. The molecule has 1 amide bonds. The van der Waals surface area contributed by atoms with Crippen molar-refractivity contribution in [1.82, 2.24) is 14.7 Å². The fourth-order valence-electron chi connectivity index (χ4n) is 4.03. The summed E-state index contributed by atoms with van der Waals surface area (Å²) in [5, 5.41) is 4.23. The van der Waals surface area contributed by atoms with Crippen LogP contribution in [0.1, 0.15) is 29.9 Å². The first kappa shape index (κ1) is 16.2. The van der Waals surface area contributed by atoms with Crippen LogP contribution in [-0.4, -0.2) is 40.8 Å². The van der Waals surface area contributed by atoms with E-state index in [0.717, 1.165) is 38.1 Å². The summed E-state index contributed by atoms with van der Waals surface area (Å²) in [6.45, 7) is 1.79. The molecule has 2 fully saturated rings. The molecule has 0 spiro atoms. The van der Waals surface area contributed by atoms with Crippen LogP contribution < -0.4 is 4.74 Å². The predicted octanol–water partition coefficient (Wildman–Crippen LogP) is 2.62. The lowest BCUT2D eigenvalue weighted by atomic mass is 10.0. The zero-order valence-electron chi connectivity index (χ0n) is 14.9. The second kappa shape index (κ2) is 6.54. The summed E-state index contributed by atoms with van der Waals surface area (Å²) >= 11 is 0. The topological polar surface area (TPSA) is 47.4 Å². The molecule has 1 aromatic carbocycles. The summed E-state index contributed by atoms with van der Waals surface area (Å²) in [5.41, 5.74) is 2.52. The number of nitrogens with zero attached hydrogens (tertiary/aromatic N) is 3. The Kier molecular flexibility index (Phi) is 4.24. The smallest absolute Gasteiger partial charge is 0.226 e. The molecule has 2 aliphatic rings. The summed E-state index contributed by atoms with van der Waals surface area (Å²) in [7, 11) is 3.62. The van der Waals surface area contributed by atoms with Gasteiger partial charge in [-0.15, -0.1) is 0 Å². The molecule has 1 saturated carbocycles. The van der Waals surface area contributed by atoms with Crippen molar-refractivity contribution in [3.8, 4) is 5.75 Å².